The van der Waals surface area contributed by atoms with Crippen molar-refractivity contribution in [1.82, 2.24) is 30.2 Å². The normalized spacial score (nSPS) is 15.0. The maximum atomic E-state index is 13.0. The van der Waals surface area contributed by atoms with Gasteiger partial charge in [0.15, 0.2) is 23.1 Å². The second-order valence-corrected chi connectivity index (χ2v) is 10.4. The largest absolute Gasteiger partial charge is 0.393 e. The van der Waals surface area contributed by atoms with Crippen molar-refractivity contribution in [2.45, 2.75) is 43.4 Å². The number of hydrogen-bond donors (Lipinski definition) is 6. The summed E-state index contributed by atoms with van der Waals surface area (Å²) >= 11 is 0. The molecule has 7 N–H and O–H groups in total. The van der Waals surface area contributed by atoms with Crippen LogP contribution in [0.4, 0.5) is 5.82 Å². The molecule has 1 aliphatic carbocycles. The number of hydrogen-bond acceptors (Lipinski definition) is 9. The highest BCUT2D eigenvalue weighted by Gasteiger charge is 2.40. The van der Waals surface area contributed by atoms with E-state index in [4.69, 9.17) is 5.73 Å². The summed E-state index contributed by atoms with van der Waals surface area (Å²) in [4.78, 5) is 39.5. The van der Waals surface area contributed by atoms with E-state index >= 15 is 0 Å². The number of anilines is 1. The molecule has 12 heteroatoms. The molecule has 5 rings (SSSR count). The summed E-state index contributed by atoms with van der Waals surface area (Å²) in [5.41, 5.74) is 7.69. The summed E-state index contributed by atoms with van der Waals surface area (Å²) in [6, 6.07) is 20.2. The van der Waals surface area contributed by atoms with Crippen molar-refractivity contribution in [2.75, 3.05) is 31.6 Å². The first-order chi connectivity index (χ1) is 20.5. The number of imidazole rings is 1. The van der Waals surface area contributed by atoms with Crippen LogP contribution in [0.2, 0.25) is 0 Å². The molecule has 220 valence electrons. The summed E-state index contributed by atoms with van der Waals surface area (Å²) in [5.74, 6) is -0.881. The fourth-order valence-corrected chi connectivity index (χ4v) is 5.48. The van der Waals surface area contributed by atoms with E-state index in [-0.39, 0.29) is 24.8 Å². The number of nitrogens with two attached hydrogens (primary N) is 1. The molecule has 1 fully saturated rings. The highest BCUT2D eigenvalue weighted by Crippen LogP contribution is 2.37. The van der Waals surface area contributed by atoms with Gasteiger partial charge in [0.1, 0.15) is 5.66 Å². The number of aromatic nitrogens is 4. The predicted octanol–water partition coefficient (Wildman–Crippen LogP) is 1.45. The fraction of sp³-hybridized carbons (Fsp3) is 0.367. The van der Waals surface area contributed by atoms with Gasteiger partial charge in [-0.25, -0.2) is 15.0 Å². The van der Waals surface area contributed by atoms with Crippen LogP contribution in [0.15, 0.2) is 67.0 Å². The third-order valence-corrected chi connectivity index (χ3v) is 7.63. The second kappa shape index (κ2) is 13.1. The van der Waals surface area contributed by atoms with Gasteiger partial charge in [-0.2, -0.15) is 0 Å². The molecule has 42 heavy (non-hydrogen) atoms. The Balaban J connectivity index is 1.56. The number of nitrogens with zero attached hydrogens (tertiary/aromatic N) is 4. The van der Waals surface area contributed by atoms with Gasteiger partial charge >= 0.3 is 0 Å². The van der Waals surface area contributed by atoms with E-state index < -0.39 is 30.2 Å². The van der Waals surface area contributed by atoms with Crippen LogP contribution in [-0.4, -0.2) is 73.9 Å². The Morgan fingerprint density at radius 2 is 1.64 bits per heavy atom. The van der Waals surface area contributed by atoms with Crippen LogP contribution in [0.3, 0.4) is 0 Å². The van der Waals surface area contributed by atoms with Gasteiger partial charge in [0.2, 0.25) is 5.82 Å². The summed E-state index contributed by atoms with van der Waals surface area (Å²) < 4.78 is 1.75. The Kier molecular flexibility index (Phi) is 9.06. The average Bonchev–Trinajstić information content (AvgIpc) is 3.68. The van der Waals surface area contributed by atoms with Gasteiger partial charge in [-0.15, -0.1) is 0 Å². The van der Waals surface area contributed by atoms with Crippen molar-refractivity contribution in [3.05, 3.63) is 83.9 Å². The van der Waals surface area contributed by atoms with Crippen LogP contribution in [0.5, 0.6) is 0 Å². The summed E-state index contributed by atoms with van der Waals surface area (Å²) in [6.07, 6.45) is 2.79. The minimum absolute atomic E-state index is 0.0190. The van der Waals surface area contributed by atoms with Crippen molar-refractivity contribution < 1.29 is 19.8 Å². The smallest absolute Gasteiger partial charge is 0.289 e. The standard InChI is InChI=1S/C30H36N8O4/c31-15-16-32-29(42)26-35-25(33-17-22(20-9-3-1-4-10-20)21-11-5-2-6-12-21)24-27(36-26)38(19-34-24)30(13-7-8-14-30)37-28(41)23(40)18-39/h1-6,9-12,19,22-23,39-40H,7-8,13-18,31H2,(H,32,42)(H,37,41)(H,33,35,36). The van der Waals surface area contributed by atoms with Crippen LogP contribution in [-0.2, 0) is 10.5 Å². The summed E-state index contributed by atoms with van der Waals surface area (Å²) in [6.45, 7) is 0.278. The van der Waals surface area contributed by atoms with Gasteiger partial charge in [0.05, 0.1) is 12.9 Å². The molecule has 0 radical (unpaired) electrons. The zero-order valence-electron chi connectivity index (χ0n) is 23.2. The van der Waals surface area contributed by atoms with Gasteiger partial charge in [0, 0.05) is 25.6 Å². The quantitative estimate of drug-likeness (QED) is 0.146. The molecule has 0 spiro atoms. The topological polar surface area (TPSA) is 180 Å². The maximum Gasteiger partial charge on any atom is 0.289 e. The molecule has 2 aromatic heterocycles. The molecule has 1 atom stereocenters. The number of carbonyl (C=O) groups excluding carboxylic acids is 2. The van der Waals surface area contributed by atoms with E-state index in [1.54, 1.807) is 10.9 Å². The van der Waals surface area contributed by atoms with Gasteiger partial charge in [0.25, 0.3) is 11.8 Å². The van der Waals surface area contributed by atoms with Gasteiger partial charge in [-0.1, -0.05) is 60.7 Å². The van der Waals surface area contributed by atoms with Gasteiger partial charge < -0.3 is 31.9 Å². The van der Waals surface area contributed by atoms with Crippen LogP contribution in [0.25, 0.3) is 11.2 Å². The second-order valence-electron chi connectivity index (χ2n) is 10.4. The lowest BCUT2D eigenvalue weighted by Gasteiger charge is -2.33. The number of benzene rings is 2. The minimum atomic E-state index is -1.56. The molecule has 1 aliphatic rings. The summed E-state index contributed by atoms with van der Waals surface area (Å²) in [7, 11) is 0. The Bertz CT molecular complexity index is 1470. The number of fused-ring (bicyclic) bond motifs is 1. The molecule has 12 nitrogen and oxygen atoms in total. The Hall–Kier alpha value is -4.39. The lowest BCUT2D eigenvalue weighted by Crippen LogP contribution is -2.52. The molecule has 0 aliphatic heterocycles. The monoisotopic (exact) mass is 572 g/mol. The van der Waals surface area contributed by atoms with E-state index in [9.17, 15) is 19.8 Å². The molecule has 4 aromatic rings. The lowest BCUT2D eigenvalue weighted by molar-refractivity contribution is -0.134. The number of carbonyl (C=O) groups is 2. The number of nitrogens with one attached hydrogen (secondary N) is 3. The Labute approximate surface area is 243 Å². The van der Waals surface area contributed by atoms with Crippen LogP contribution < -0.4 is 21.7 Å². The molecular formula is C30H36N8O4. The highest BCUT2D eigenvalue weighted by molar-refractivity contribution is 5.94. The average molecular weight is 573 g/mol. The van der Waals surface area contributed by atoms with E-state index in [1.165, 1.54) is 0 Å². The minimum Gasteiger partial charge on any atom is -0.393 e. The Morgan fingerprint density at radius 3 is 2.24 bits per heavy atom. The fourth-order valence-electron chi connectivity index (χ4n) is 5.48. The molecule has 1 unspecified atom stereocenters. The van der Waals surface area contributed by atoms with Crippen molar-refractivity contribution in [1.29, 1.82) is 0 Å². The zero-order valence-corrected chi connectivity index (χ0v) is 23.2. The lowest BCUT2D eigenvalue weighted by atomic mass is 9.91. The number of aliphatic hydroxyl groups is 2. The predicted molar refractivity (Wildman–Crippen MR) is 158 cm³/mol. The number of rotatable bonds is 12. The van der Waals surface area contributed by atoms with Crippen LogP contribution in [0.1, 0.15) is 53.3 Å². The first-order valence-corrected chi connectivity index (χ1v) is 14.1. The van der Waals surface area contributed by atoms with Gasteiger partial charge in [-0.3, -0.25) is 14.2 Å². The SMILES string of the molecule is NCCNC(=O)c1nc(NCC(c2ccccc2)c2ccccc2)c2ncn(C3(NC(=O)C(O)CO)CCCC3)c2n1. The van der Waals surface area contributed by atoms with Crippen molar-refractivity contribution in [2.24, 2.45) is 5.73 Å². The molecule has 1 saturated carbocycles. The third-order valence-electron chi connectivity index (χ3n) is 7.63. The highest BCUT2D eigenvalue weighted by atomic mass is 16.3. The molecule has 2 heterocycles. The first kappa shape index (κ1) is 29.1. The van der Waals surface area contributed by atoms with E-state index in [1.807, 2.05) is 36.4 Å². The number of amides is 2. The van der Waals surface area contributed by atoms with Crippen LogP contribution in [0, 0.1) is 0 Å². The molecule has 2 aromatic carbocycles. The van der Waals surface area contributed by atoms with E-state index in [0.29, 0.717) is 36.4 Å². The van der Waals surface area contributed by atoms with Crippen molar-refractivity contribution >= 4 is 28.8 Å². The molecule has 0 bridgehead atoms. The first-order valence-electron chi connectivity index (χ1n) is 14.1. The van der Waals surface area contributed by atoms with Crippen LogP contribution >= 0.6 is 0 Å². The van der Waals surface area contributed by atoms with Crippen molar-refractivity contribution in [3.63, 3.8) is 0 Å². The zero-order chi connectivity index (χ0) is 29.5. The number of aliphatic hydroxyl groups excluding tert-OH is 2. The molecule has 2 amide bonds. The Morgan fingerprint density at radius 1 is 1.00 bits per heavy atom. The summed E-state index contributed by atoms with van der Waals surface area (Å²) in [5, 5.41) is 28.4. The maximum absolute atomic E-state index is 13.0. The molecule has 0 saturated heterocycles. The van der Waals surface area contributed by atoms with E-state index in [2.05, 4.69) is 55.2 Å². The third kappa shape index (κ3) is 6.10. The van der Waals surface area contributed by atoms with Crippen molar-refractivity contribution in [3.8, 4) is 0 Å². The van der Waals surface area contributed by atoms with E-state index in [0.717, 1.165) is 24.0 Å². The molecular weight excluding hydrogens is 536 g/mol. The van der Waals surface area contributed by atoms with Gasteiger partial charge in [-0.05, 0) is 36.8 Å².